The molecule has 0 radical (unpaired) electrons. The van der Waals surface area contributed by atoms with Gasteiger partial charge in [0.25, 0.3) is 0 Å². The molecule has 0 saturated carbocycles. The van der Waals surface area contributed by atoms with Crippen LogP contribution >= 0.6 is 0 Å². The third-order valence-electron chi connectivity index (χ3n) is 3.95. The van der Waals surface area contributed by atoms with E-state index in [9.17, 15) is 0 Å². The van der Waals surface area contributed by atoms with Crippen LogP contribution in [0.15, 0.2) is 47.8 Å². The third kappa shape index (κ3) is 3.38. The van der Waals surface area contributed by atoms with Crippen LogP contribution in [0.25, 0.3) is 0 Å². The first-order valence-electron chi connectivity index (χ1n) is 6.63. The van der Waals surface area contributed by atoms with Crippen LogP contribution in [-0.4, -0.2) is 19.8 Å². The summed E-state index contributed by atoms with van der Waals surface area (Å²) in [5, 5.41) is 0. The number of hydrogen-bond acceptors (Lipinski definition) is 2. The molecular weight excluding hydrogens is 236 g/mol. The standard InChI is InChI=1S/C17H26O2/c1-8-17(5,19-7)12-9-14-13(2)15(18-6)10-11-16(14,3)4/h8-10,12H,1,11H2,2-7H3/b12-9+. The van der Waals surface area contributed by atoms with Crippen molar-refractivity contribution >= 4 is 0 Å². The van der Waals surface area contributed by atoms with E-state index in [2.05, 4.69) is 45.6 Å². The molecule has 2 heteroatoms. The van der Waals surface area contributed by atoms with Crippen molar-refractivity contribution in [2.75, 3.05) is 14.2 Å². The van der Waals surface area contributed by atoms with Gasteiger partial charge in [0.1, 0.15) is 11.4 Å². The SMILES string of the molecule is C=CC(C)(/C=C/C1=C(C)C(OC)=CCC1(C)C)OC. The molecule has 0 N–H and O–H groups in total. The molecule has 0 aliphatic heterocycles. The Hall–Kier alpha value is -1.28. The Morgan fingerprint density at radius 2 is 2.00 bits per heavy atom. The lowest BCUT2D eigenvalue weighted by Gasteiger charge is -2.32. The second-order valence-corrected chi connectivity index (χ2v) is 5.82. The zero-order valence-electron chi connectivity index (χ0n) is 13.0. The molecule has 0 saturated heterocycles. The summed E-state index contributed by atoms with van der Waals surface area (Å²) in [5.74, 6) is 0.969. The van der Waals surface area contributed by atoms with Crippen LogP contribution in [0, 0.1) is 5.41 Å². The first-order chi connectivity index (χ1) is 8.79. The topological polar surface area (TPSA) is 18.5 Å². The fraction of sp³-hybridized carbons (Fsp3) is 0.529. The molecule has 1 aliphatic rings. The monoisotopic (exact) mass is 262 g/mol. The molecule has 1 atom stereocenters. The van der Waals surface area contributed by atoms with Crippen LogP contribution in [0.4, 0.5) is 0 Å². The van der Waals surface area contributed by atoms with Crippen LogP contribution in [0.3, 0.4) is 0 Å². The van der Waals surface area contributed by atoms with E-state index >= 15 is 0 Å². The van der Waals surface area contributed by atoms with Gasteiger partial charge in [-0.15, -0.1) is 0 Å². The summed E-state index contributed by atoms with van der Waals surface area (Å²) < 4.78 is 10.9. The Labute approximate surface area is 117 Å². The Kier molecular flexibility index (Phi) is 4.81. The molecule has 1 aliphatic carbocycles. The summed E-state index contributed by atoms with van der Waals surface area (Å²) in [6, 6.07) is 0. The highest BCUT2D eigenvalue weighted by molar-refractivity contribution is 5.43. The fourth-order valence-electron chi connectivity index (χ4n) is 2.31. The van der Waals surface area contributed by atoms with Crippen LogP contribution in [0.1, 0.15) is 34.1 Å². The van der Waals surface area contributed by atoms with E-state index in [1.54, 1.807) is 14.2 Å². The Balaban J connectivity index is 3.17. The molecular formula is C17H26O2. The number of rotatable bonds is 5. The minimum absolute atomic E-state index is 0.110. The van der Waals surface area contributed by atoms with Crippen LogP contribution in [-0.2, 0) is 9.47 Å². The smallest absolute Gasteiger partial charge is 0.118 e. The van der Waals surface area contributed by atoms with Crippen molar-refractivity contribution < 1.29 is 9.47 Å². The van der Waals surface area contributed by atoms with Crippen molar-refractivity contribution in [1.29, 1.82) is 0 Å². The van der Waals surface area contributed by atoms with Gasteiger partial charge in [-0.05, 0) is 49.0 Å². The zero-order valence-corrected chi connectivity index (χ0v) is 13.0. The van der Waals surface area contributed by atoms with Gasteiger partial charge in [0, 0.05) is 7.11 Å². The maximum absolute atomic E-state index is 5.46. The van der Waals surface area contributed by atoms with E-state index < -0.39 is 5.60 Å². The predicted octanol–water partition coefficient (Wildman–Crippen LogP) is 4.41. The van der Waals surface area contributed by atoms with Gasteiger partial charge in [-0.25, -0.2) is 0 Å². The predicted molar refractivity (Wildman–Crippen MR) is 80.9 cm³/mol. The lowest BCUT2D eigenvalue weighted by atomic mass is 9.74. The average molecular weight is 262 g/mol. The van der Waals surface area contributed by atoms with Gasteiger partial charge in [0.05, 0.1) is 7.11 Å². The van der Waals surface area contributed by atoms with Crippen LogP contribution < -0.4 is 0 Å². The van der Waals surface area contributed by atoms with Gasteiger partial charge in [0.15, 0.2) is 0 Å². The Morgan fingerprint density at radius 1 is 1.37 bits per heavy atom. The lowest BCUT2D eigenvalue weighted by Crippen LogP contribution is -2.23. The minimum Gasteiger partial charge on any atom is -0.497 e. The molecule has 0 spiro atoms. The van der Waals surface area contributed by atoms with Gasteiger partial charge in [-0.1, -0.05) is 32.6 Å². The number of ether oxygens (including phenoxy) is 2. The highest BCUT2D eigenvalue weighted by atomic mass is 16.5. The molecule has 0 amide bonds. The summed E-state index contributed by atoms with van der Waals surface area (Å²) in [6.45, 7) is 12.4. The summed E-state index contributed by atoms with van der Waals surface area (Å²) >= 11 is 0. The van der Waals surface area contributed by atoms with Crippen molar-refractivity contribution in [1.82, 2.24) is 0 Å². The lowest BCUT2D eigenvalue weighted by molar-refractivity contribution is 0.0909. The van der Waals surface area contributed by atoms with Gasteiger partial charge < -0.3 is 9.47 Å². The highest BCUT2D eigenvalue weighted by Gasteiger charge is 2.28. The molecule has 0 fully saturated rings. The van der Waals surface area contributed by atoms with E-state index in [1.807, 2.05) is 13.0 Å². The zero-order chi connectivity index (χ0) is 14.7. The van der Waals surface area contributed by atoms with E-state index in [-0.39, 0.29) is 5.41 Å². The second kappa shape index (κ2) is 5.79. The normalized spacial score (nSPS) is 22.1. The molecule has 0 heterocycles. The minimum atomic E-state index is -0.433. The van der Waals surface area contributed by atoms with Gasteiger partial charge in [0.2, 0.25) is 0 Å². The van der Waals surface area contributed by atoms with Crippen LogP contribution in [0.2, 0.25) is 0 Å². The quantitative estimate of drug-likeness (QED) is 0.683. The maximum atomic E-state index is 5.46. The molecule has 0 bridgehead atoms. The van der Waals surface area contributed by atoms with Crippen molar-refractivity contribution in [2.45, 2.75) is 39.7 Å². The second-order valence-electron chi connectivity index (χ2n) is 5.82. The number of methoxy groups -OCH3 is 2. The van der Waals surface area contributed by atoms with Crippen molar-refractivity contribution in [3.63, 3.8) is 0 Å². The van der Waals surface area contributed by atoms with E-state index in [1.165, 1.54) is 11.1 Å². The number of allylic oxidation sites excluding steroid dienone is 4. The molecule has 0 aromatic heterocycles. The Morgan fingerprint density at radius 3 is 2.47 bits per heavy atom. The largest absolute Gasteiger partial charge is 0.497 e. The first-order valence-corrected chi connectivity index (χ1v) is 6.63. The molecule has 1 rings (SSSR count). The summed E-state index contributed by atoms with van der Waals surface area (Å²) in [5.41, 5.74) is 2.16. The van der Waals surface area contributed by atoms with E-state index in [4.69, 9.17) is 9.47 Å². The number of hydrogen-bond donors (Lipinski definition) is 0. The fourth-order valence-corrected chi connectivity index (χ4v) is 2.31. The van der Waals surface area contributed by atoms with E-state index in [0.29, 0.717) is 0 Å². The van der Waals surface area contributed by atoms with Crippen LogP contribution in [0.5, 0.6) is 0 Å². The molecule has 2 nitrogen and oxygen atoms in total. The molecule has 106 valence electrons. The van der Waals surface area contributed by atoms with Crippen molar-refractivity contribution in [2.24, 2.45) is 5.41 Å². The summed E-state index contributed by atoms with van der Waals surface area (Å²) in [6.07, 6.45) is 9.15. The van der Waals surface area contributed by atoms with Gasteiger partial charge >= 0.3 is 0 Å². The first kappa shape index (κ1) is 15.8. The molecule has 19 heavy (non-hydrogen) atoms. The van der Waals surface area contributed by atoms with Crippen molar-refractivity contribution in [3.05, 3.63) is 47.8 Å². The Bertz CT molecular complexity index is 438. The van der Waals surface area contributed by atoms with Crippen molar-refractivity contribution in [3.8, 4) is 0 Å². The van der Waals surface area contributed by atoms with Gasteiger partial charge in [-0.3, -0.25) is 0 Å². The molecule has 0 aromatic carbocycles. The molecule has 1 unspecified atom stereocenters. The maximum Gasteiger partial charge on any atom is 0.118 e. The summed E-state index contributed by atoms with van der Waals surface area (Å²) in [4.78, 5) is 0. The van der Waals surface area contributed by atoms with Gasteiger partial charge in [-0.2, -0.15) is 0 Å². The third-order valence-corrected chi connectivity index (χ3v) is 3.95. The summed E-state index contributed by atoms with van der Waals surface area (Å²) in [7, 11) is 3.41. The van der Waals surface area contributed by atoms with E-state index in [0.717, 1.165) is 12.2 Å². The molecule has 0 aromatic rings. The average Bonchev–Trinajstić information content (AvgIpc) is 2.38. The highest BCUT2D eigenvalue weighted by Crippen LogP contribution is 2.40.